The van der Waals surface area contributed by atoms with Crippen molar-refractivity contribution in [1.82, 2.24) is 15.1 Å². The second-order valence-electron chi connectivity index (χ2n) is 6.42. The van der Waals surface area contributed by atoms with Crippen LogP contribution in [0.4, 0.5) is 0 Å². The van der Waals surface area contributed by atoms with E-state index in [0.29, 0.717) is 24.5 Å². The number of aromatic amines is 1. The number of benzene rings is 1. The van der Waals surface area contributed by atoms with E-state index in [2.05, 4.69) is 16.8 Å². The van der Waals surface area contributed by atoms with Gasteiger partial charge in [-0.2, -0.15) is 5.10 Å². The van der Waals surface area contributed by atoms with Crippen molar-refractivity contribution in [3.05, 3.63) is 58.9 Å². The number of rotatable bonds is 6. The average Bonchev–Trinajstić information content (AvgIpc) is 3.17. The second-order valence-corrected chi connectivity index (χ2v) is 6.42. The quantitative estimate of drug-likeness (QED) is 0.830. The van der Waals surface area contributed by atoms with Crippen molar-refractivity contribution in [2.45, 2.75) is 32.7 Å². The van der Waals surface area contributed by atoms with Gasteiger partial charge in [0, 0.05) is 18.3 Å². The van der Waals surface area contributed by atoms with Crippen molar-refractivity contribution in [3.63, 3.8) is 0 Å². The van der Waals surface area contributed by atoms with E-state index in [0.717, 1.165) is 30.5 Å². The molecular weight excluding hydrogens is 302 g/mol. The third-order valence-electron chi connectivity index (χ3n) is 4.19. The molecule has 0 fully saturated rings. The number of amides is 1. The van der Waals surface area contributed by atoms with E-state index in [1.54, 1.807) is 24.1 Å². The maximum atomic E-state index is 12.7. The lowest BCUT2D eigenvalue weighted by Crippen LogP contribution is -2.26. The van der Waals surface area contributed by atoms with Crippen LogP contribution in [0.1, 0.15) is 40.7 Å². The third-order valence-corrected chi connectivity index (χ3v) is 4.19. The van der Waals surface area contributed by atoms with E-state index in [1.807, 2.05) is 19.1 Å². The average molecular weight is 325 g/mol. The van der Waals surface area contributed by atoms with Crippen molar-refractivity contribution in [2.24, 2.45) is 0 Å². The molecule has 5 heteroatoms. The lowest BCUT2D eigenvalue weighted by Gasteiger charge is -2.17. The first kappa shape index (κ1) is 16.3. The van der Waals surface area contributed by atoms with E-state index >= 15 is 0 Å². The fourth-order valence-electron chi connectivity index (χ4n) is 2.96. The maximum Gasteiger partial charge on any atom is 0.254 e. The second kappa shape index (κ2) is 6.91. The molecule has 1 aliphatic rings. The lowest BCUT2D eigenvalue weighted by atomic mass is 10.1. The number of ether oxygens (including phenoxy) is 1. The van der Waals surface area contributed by atoms with Crippen LogP contribution in [0, 0.1) is 0 Å². The number of hydrogen-bond acceptors (Lipinski definition) is 3. The standard InChI is InChI=1S/C19H23N3O2/c1-13(2)12-24-15-7-4-6-14(10-15)19(23)22(3)11-18-16-8-5-9-17(16)20-21-18/h4,6-7,10H,1,5,8-9,11-12H2,2-3H3,(H,20,21). The normalized spacial score (nSPS) is 12.8. The molecule has 1 aromatic carbocycles. The minimum absolute atomic E-state index is 0.0366. The van der Waals surface area contributed by atoms with Crippen LogP contribution in [-0.4, -0.2) is 34.7 Å². The summed E-state index contributed by atoms with van der Waals surface area (Å²) in [6.45, 7) is 6.69. The number of aryl methyl sites for hydroxylation is 1. The summed E-state index contributed by atoms with van der Waals surface area (Å²) in [6, 6.07) is 7.26. The van der Waals surface area contributed by atoms with Crippen LogP contribution in [-0.2, 0) is 19.4 Å². The summed E-state index contributed by atoms with van der Waals surface area (Å²) in [7, 11) is 1.81. The summed E-state index contributed by atoms with van der Waals surface area (Å²) in [5.74, 6) is 0.642. The van der Waals surface area contributed by atoms with Crippen LogP contribution < -0.4 is 4.74 Å². The third kappa shape index (κ3) is 3.50. The van der Waals surface area contributed by atoms with Gasteiger partial charge in [0.05, 0.1) is 12.2 Å². The van der Waals surface area contributed by atoms with Crippen LogP contribution in [0.15, 0.2) is 36.4 Å². The molecule has 24 heavy (non-hydrogen) atoms. The molecule has 0 bridgehead atoms. The lowest BCUT2D eigenvalue weighted by molar-refractivity contribution is 0.0782. The zero-order valence-corrected chi connectivity index (χ0v) is 14.3. The van der Waals surface area contributed by atoms with E-state index in [9.17, 15) is 4.79 Å². The van der Waals surface area contributed by atoms with Crippen molar-refractivity contribution < 1.29 is 9.53 Å². The topological polar surface area (TPSA) is 58.2 Å². The van der Waals surface area contributed by atoms with Crippen LogP contribution >= 0.6 is 0 Å². The molecule has 0 unspecified atom stereocenters. The number of hydrogen-bond donors (Lipinski definition) is 1. The molecule has 5 nitrogen and oxygen atoms in total. The van der Waals surface area contributed by atoms with Gasteiger partial charge in [-0.25, -0.2) is 0 Å². The Morgan fingerprint density at radius 3 is 3.04 bits per heavy atom. The van der Waals surface area contributed by atoms with Gasteiger partial charge >= 0.3 is 0 Å². The highest BCUT2D eigenvalue weighted by Crippen LogP contribution is 2.24. The summed E-state index contributed by atoms with van der Waals surface area (Å²) >= 11 is 0. The Labute approximate surface area is 142 Å². The summed E-state index contributed by atoms with van der Waals surface area (Å²) in [5.41, 5.74) is 5.04. The van der Waals surface area contributed by atoms with Crippen LogP contribution in [0.5, 0.6) is 5.75 Å². The van der Waals surface area contributed by atoms with Crippen LogP contribution in [0.3, 0.4) is 0 Å². The van der Waals surface area contributed by atoms with Gasteiger partial charge in [0.15, 0.2) is 0 Å². The summed E-state index contributed by atoms with van der Waals surface area (Å²) in [5, 5.41) is 7.46. The first-order valence-electron chi connectivity index (χ1n) is 8.22. The SMILES string of the molecule is C=C(C)COc1cccc(C(=O)N(C)Cc2n[nH]c3c2CCC3)c1. The smallest absolute Gasteiger partial charge is 0.254 e. The Balaban J connectivity index is 1.69. The van der Waals surface area contributed by atoms with Crippen LogP contribution in [0.2, 0.25) is 0 Å². The number of nitrogens with one attached hydrogen (secondary N) is 1. The number of nitrogens with zero attached hydrogens (tertiary/aromatic N) is 2. The fraction of sp³-hybridized carbons (Fsp3) is 0.368. The molecule has 0 aliphatic heterocycles. The molecule has 0 radical (unpaired) electrons. The predicted molar refractivity (Wildman–Crippen MR) is 93.2 cm³/mol. The molecule has 0 spiro atoms. The van der Waals surface area contributed by atoms with Gasteiger partial charge in [-0.15, -0.1) is 0 Å². The Kier molecular flexibility index (Phi) is 4.69. The van der Waals surface area contributed by atoms with Gasteiger partial charge in [0.1, 0.15) is 12.4 Å². The molecule has 1 N–H and O–H groups in total. The number of H-pyrrole nitrogens is 1. The zero-order chi connectivity index (χ0) is 17.1. The fourth-order valence-corrected chi connectivity index (χ4v) is 2.96. The molecule has 1 heterocycles. The zero-order valence-electron chi connectivity index (χ0n) is 14.3. The number of carbonyl (C=O) groups is 1. The molecule has 3 rings (SSSR count). The van der Waals surface area contributed by atoms with Gasteiger partial charge in [0.2, 0.25) is 0 Å². The Morgan fingerprint density at radius 1 is 1.42 bits per heavy atom. The van der Waals surface area contributed by atoms with Crippen molar-refractivity contribution in [2.75, 3.05) is 13.7 Å². The van der Waals surface area contributed by atoms with Crippen LogP contribution in [0.25, 0.3) is 0 Å². The molecule has 1 aromatic heterocycles. The molecule has 0 atom stereocenters. The number of fused-ring (bicyclic) bond motifs is 1. The molecule has 1 aliphatic carbocycles. The van der Waals surface area contributed by atoms with E-state index < -0.39 is 0 Å². The monoisotopic (exact) mass is 325 g/mol. The van der Waals surface area contributed by atoms with Crippen molar-refractivity contribution in [3.8, 4) is 5.75 Å². The van der Waals surface area contributed by atoms with Gasteiger partial charge in [-0.3, -0.25) is 9.89 Å². The highest BCUT2D eigenvalue weighted by Gasteiger charge is 2.21. The first-order chi connectivity index (χ1) is 11.5. The van der Waals surface area contributed by atoms with Gasteiger partial charge in [-0.1, -0.05) is 12.6 Å². The molecule has 0 saturated heterocycles. The molecule has 126 valence electrons. The van der Waals surface area contributed by atoms with E-state index in [1.165, 1.54) is 11.3 Å². The number of carbonyl (C=O) groups excluding carboxylic acids is 1. The molecule has 2 aromatic rings. The highest BCUT2D eigenvalue weighted by atomic mass is 16.5. The highest BCUT2D eigenvalue weighted by molar-refractivity contribution is 5.94. The summed E-state index contributed by atoms with van der Waals surface area (Å²) < 4.78 is 5.62. The Bertz CT molecular complexity index is 764. The number of aromatic nitrogens is 2. The van der Waals surface area contributed by atoms with E-state index in [-0.39, 0.29) is 5.91 Å². The minimum Gasteiger partial charge on any atom is -0.489 e. The molecular formula is C19H23N3O2. The molecule has 0 saturated carbocycles. The largest absolute Gasteiger partial charge is 0.489 e. The first-order valence-corrected chi connectivity index (χ1v) is 8.22. The Hall–Kier alpha value is -2.56. The maximum absolute atomic E-state index is 12.7. The Morgan fingerprint density at radius 2 is 2.25 bits per heavy atom. The van der Waals surface area contributed by atoms with E-state index in [4.69, 9.17) is 4.74 Å². The van der Waals surface area contributed by atoms with Gasteiger partial charge < -0.3 is 9.64 Å². The van der Waals surface area contributed by atoms with Gasteiger partial charge in [-0.05, 0) is 55.5 Å². The van der Waals surface area contributed by atoms with Crippen molar-refractivity contribution >= 4 is 5.91 Å². The van der Waals surface area contributed by atoms with Gasteiger partial charge in [0.25, 0.3) is 5.91 Å². The summed E-state index contributed by atoms with van der Waals surface area (Å²) in [6.07, 6.45) is 3.27. The molecule has 1 amide bonds. The van der Waals surface area contributed by atoms with Crippen molar-refractivity contribution in [1.29, 1.82) is 0 Å². The minimum atomic E-state index is -0.0366. The predicted octanol–water partition coefficient (Wildman–Crippen LogP) is 3.13. The summed E-state index contributed by atoms with van der Waals surface area (Å²) in [4.78, 5) is 14.4.